The first-order valence-corrected chi connectivity index (χ1v) is 7.06. The number of nitrogen functional groups attached to an aromatic ring is 1. The van der Waals surface area contributed by atoms with Crippen LogP contribution in [0.3, 0.4) is 0 Å². The van der Waals surface area contributed by atoms with E-state index in [0.29, 0.717) is 0 Å². The van der Waals surface area contributed by atoms with Crippen LogP contribution < -0.4 is 5.73 Å². The van der Waals surface area contributed by atoms with E-state index < -0.39 is 0 Å². The maximum Gasteiger partial charge on any atom is 0.133 e. The SMILES string of the molecule is CSc1sc(C(=N)N)cc1-c1nccs1. The van der Waals surface area contributed by atoms with E-state index in [1.165, 1.54) is 0 Å². The number of nitrogens with two attached hydrogens (primary N) is 1. The van der Waals surface area contributed by atoms with E-state index in [2.05, 4.69) is 4.98 Å². The van der Waals surface area contributed by atoms with Crippen molar-refractivity contribution in [1.82, 2.24) is 4.98 Å². The molecule has 0 radical (unpaired) electrons. The summed E-state index contributed by atoms with van der Waals surface area (Å²) >= 11 is 4.81. The predicted octanol–water partition coefficient (Wildman–Crippen LogP) is 2.88. The third kappa shape index (κ3) is 2.06. The van der Waals surface area contributed by atoms with E-state index in [1.807, 2.05) is 17.7 Å². The van der Waals surface area contributed by atoms with E-state index in [1.54, 1.807) is 40.6 Å². The molecule has 0 aliphatic rings. The van der Waals surface area contributed by atoms with Gasteiger partial charge in [0.25, 0.3) is 0 Å². The van der Waals surface area contributed by atoms with E-state index in [4.69, 9.17) is 11.1 Å². The van der Waals surface area contributed by atoms with Crippen LogP contribution in [0, 0.1) is 5.41 Å². The third-order valence-electron chi connectivity index (χ3n) is 1.81. The molecule has 0 bridgehead atoms. The van der Waals surface area contributed by atoms with Crippen LogP contribution in [-0.2, 0) is 0 Å². The van der Waals surface area contributed by atoms with Crippen LogP contribution in [0.2, 0.25) is 0 Å². The lowest BCUT2D eigenvalue weighted by atomic mass is 10.3. The molecule has 2 aromatic heterocycles. The van der Waals surface area contributed by atoms with Gasteiger partial charge in [-0.05, 0) is 12.3 Å². The first kappa shape index (κ1) is 10.7. The number of nitrogens with one attached hydrogen (secondary N) is 1. The fourth-order valence-electron chi connectivity index (χ4n) is 1.16. The first-order valence-electron chi connectivity index (χ1n) is 4.14. The van der Waals surface area contributed by atoms with Crippen LogP contribution in [0.1, 0.15) is 4.88 Å². The molecule has 3 nitrogen and oxygen atoms in total. The summed E-state index contributed by atoms with van der Waals surface area (Å²) in [7, 11) is 0. The van der Waals surface area contributed by atoms with Crippen LogP contribution in [0.25, 0.3) is 10.6 Å². The molecule has 0 aromatic carbocycles. The zero-order valence-electron chi connectivity index (χ0n) is 7.98. The van der Waals surface area contributed by atoms with E-state index in [9.17, 15) is 0 Å². The summed E-state index contributed by atoms with van der Waals surface area (Å²) in [5.74, 6) is 0.123. The first-order chi connectivity index (χ1) is 7.22. The molecule has 0 atom stereocenters. The van der Waals surface area contributed by atoms with Crippen LogP contribution in [0.4, 0.5) is 0 Å². The quantitative estimate of drug-likeness (QED) is 0.503. The van der Waals surface area contributed by atoms with Crippen molar-refractivity contribution in [2.75, 3.05) is 6.26 Å². The van der Waals surface area contributed by atoms with Gasteiger partial charge >= 0.3 is 0 Å². The Hall–Kier alpha value is -0.850. The zero-order valence-corrected chi connectivity index (χ0v) is 10.4. The molecule has 0 unspecified atom stereocenters. The Labute approximate surface area is 99.9 Å². The van der Waals surface area contributed by atoms with Crippen LogP contribution in [0.15, 0.2) is 21.9 Å². The number of thiazole rings is 1. The third-order valence-corrected chi connectivity index (χ3v) is 4.92. The van der Waals surface area contributed by atoms with Gasteiger partial charge in [0.15, 0.2) is 0 Å². The van der Waals surface area contributed by atoms with Gasteiger partial charge in [-0.3, -0.25) is 5.41 Å². The lowest BCUT2D eigenvalue weighted by Crippen LogP contribution is -2.08. The number of nitrogens with zero attached hydrogens (tertiary/aromatic N) is 1. The molecule has 0 fully saturated rings. The summed E-state index contributed by atoms with van der Waals surface area (Å²) in [6.07, 6.45) is 3.81. The summed E-state index contributed by atoms with van der Waals surface area (Å²) in [5.41, 5.74) is 6.56. The lowest BCUT2D eigenvalue weighted by molar-refractivity contribution is 1.40. The van der Waals surface area contributed by atoms with Crippen molar-refractivity contribution in [2.24, 2.45) is 5.73 Å². The fourth-order valence-corrected chi connectivity index (χ4v) is 3.68. The standard InChI is InChI=1S/C9H9N3S3/c1-13-9-5(8-12-2-3-14-8)4-6(15-9)7(10)11/h2-4H,1H3,(H3,10,11). The molecule has 3 N–H and O–H groups in total. The van der Waals surface area contributed by atoms with Gasteiger partial charge in [0, 0.05) is 17.1 Å². The minimum Gasteiger partial charge on any atom is -0.383 e. The molecule has 0 saturated carbocycles. The topological polar surface area (TPSA) is 62.8 Å². The highest BCUT2D eigenvalue weighted by Gasteiger charge is 2.13. The molecule has 0 amide bonds. The van der Waals surface area contributed by atoms with Crippen molar-refractivity contribution >= 4 is 40.3 Å². The van der Waals surface area contributed by atoms with Gasteiger partial charge in [0.1, 0.15) is 10.8 Å². The van der Waals surface area contributed by atoms with Crippen molar-refractivity contribution in [2.45, 2.75) is 4.21 Å². The second-order valence-corrected chi connectivity index (χ2v) is 5.79. The maximum atomic E-state index is 7.41. The molecule has 6 heteroatoms. The predicted molar refractivity (Wildman–Crippen MR) is 68.2 cm³/mol. The number of thioether (sulfide) groups is 1. The van der Waals surface area contributed by atoms with Crippen LogP contribution in [0.5, 0.6) is 0 Å². The summed E-state index contributed by atoms with van der Waals surface area (Å²) in [6, 6.07) is 1.94. The summed E-state index contributed by atoms with van der Waals surface area (Å²) in [6.45, 7) is 0. The zero-order chi connectivity index (χ0) is 10.8. The van der Waals surface area contributed by atoms with Gasteiger partial charge in [0.05, 0.1) is 9.09 Å². The number of thiophene rings is 1. The minimum absolute atomic E-state index is 0.123. The lowest BCUT2D eigenvalue weighted by Gasteiger charge is -1.93. The van der Waals surface area contributed by atoms with Gasteiger partial charge in [0.2, 0.25) is 0 Å². The molecule has 0 aliphatic carbocycles. The Bertz CT molecular complexity index is 473. The molecular formula is C9H9N3S3. The molecule has 2 rings (SSSR count). The second-order valence-electron chi connectivity index (χ2n) is 2.77. The highest BCUT2D eigenvalue weighted by Crippen LogP contribution is 2.38. The molecule has 15 heavy (non-hydrogen) atoms. The number of amidine groups is 1. The smallest absolute Gasteiger partial charge is 0.133 e. The van der Waals surface area contributed by atoms with Gasteiger partial charge < -0.3 is 5.73 Å². The van der Waals surface area contributed by atoms with Crippen molar-refractivity contribution < 1.29 is 0 Å². The van der Waals surface area contributed by atoms with E-state index in [0.717, 1.165) is 19.7 Å². The summed E-state index contributed by atoms with van der Waals surface area (Å²) in [4.78, 5) is 5.08. The molecule has 2 aromatic rings. The fraction of sp³-hybridized carbons (Fsp3) is 0.111. The number of hydrogen-bond donors (Lipinski definition) is 2. The summed E-state index contributed by atoms with van der Waals surface area (Å²) < 4.78 is 1.16. The Balaban J connectivity index is 2.51. The maximum absolute atomic E-state index is 7.41. The average molecular weight is 255 g/mol. The normalized spacial score (nSPS) is 10.5. The van der Waals surface area contributed by atoms with Crippen LogP contribution in [-0.4, -0.2) is 17.1 Å². The van der Waals surface area contributed by atoms with Gasteiger partial charge in [-0.1, -0.05) is 0 Å². The number of rotatable bonds is 3. The van der Waals surface area contributed by atoms with Gasteiger partial charge in [-0.15, -0.1) is 34.4 Å². The highest BCUT2D eigenvalue weighted by molar-refractivity contribution is 8.00. The molecule has 0 aliphatic heterocycles. The van der Waals surface area contributed by atoms with Crippen molar-refractivity contribution in [3.05, 3.63) is 22.5 Å². The molecule has 0 spiro atoms. The Morgan fingerprint density at radius 1 is 1.60 bits per heavy atom. The van der Waals surface area contributed by atoms with Crippen molar-refractivity contribution in [3.8, 4) is 10.6 Å². The van der Waals surface area contributed by atoms with Crippen LogP contribution >= 0.6 is 34.4 Å². The monoisotopic (exact) mass is 255 g/mol. The van der Waals surface area contributed by atoms with Crippen molar-refractivity contribution in [1.29, 1.82) is 5.41 Å². The number of aromatic nitrogens is 1. The molecule has 2 heterocycles. The Morgan fingerprint density at radius 2 is 2.40 bits per heavy atom. The molecular weight excluding hydrogens is 246 g/mol. The number of hydrogen-bond acceptors (Lipinski definition) is 5. The Kier molecular flexibility index (Phi) is 3.08. The van der Waals surface area contributed by atoms with E-state index in [-0.39, 0.29) is 5.84 Å². The molecule has 0 saturated heterocycles. The largest absolute Gasteiger partial charge is 0.383 e. The highest BCUT2D eigenvalue weighted by atomic mass is 32.2. The Morgan fingerprint density at radius 3 is 2.93 bits per heavy atom. The molecule has 78 valence electrons. The van der Waals surface area contributed by atoms with Crippen molar-refractivity contribution in [3.63, 3.8) is 0 Å². The van der Waals surface area contributed by atoms with E-state index >= 15 is 0 Å². The summed E-state index contributed by atoms with van der Waals surface area (Å²) in [5, 5.41) is 10.3. The minimum atomic E-state index is 0.123. The van der Waals surface area contributed by atoms with Gasteiger partial charge in [-0.2, -0.15) is 0 Å². The average Bonchev–Trinajstić information content (AvgIpc) is 2.86. The van der Waals surface area contributed by atoms with Gasteiger partial charge in [-0.25, -0.2) is 4.98 Å². The second kappa shape index (κ2) is 4.34.